The highest BCUT2D eigenvalue weighted by molar-refractivity contribution is 6.31. The predicted molar refractivity (Wildman–Crippen MR) is 113 cm³/mol. The Morgan fingerprint density at radius 3 is 2.73 bits per heavy atom. The van der Waals surface area contributed by atoms with E-state index < -0.39 is 5.60 Å². The van der Waals surface area contributed by atoms with E-state index in [0.717, 1.165) is 11.3 Å². The quantitative estimate of drug-likeness (QED) is 0.666. The minimum absolute atomic E-state index is 0.0171. The van der Waals surface area contributed by atoms with Crippen molar-refractivity contribution in [3.05, 3.63) is 70.9 Å². The van der Waals surface area contributed by atoms with E-state index in [0.29, 0.717) is 54.3 Å². The van der Waals surface area contributed by atoms with Crippen molar-refractivity contribution in [2.45, 2.75) is 24.9 Å². The highest BCUT2D eigenvalue weighted by atomic mass is 35.5. The van der Waals surface area contributed by atoms with Crippen LogP contribution in [0.1, 0.15) is 40.0 Å². The zero-order valence-electron chi connectivity index (χ0n) is 16.2. The largest absolute Gasteiger partial charge is 0.486 e. The Hall–Kier alpha value is -3.12. The minimum Gasteiger partial charge on any atom is -0.486 e. The van der Waals surface area contributed by atoms with Crippen LogP contribution < -0.4 is 4.74 Å². The Balaban J connectivity index is 1.31. The molecule has 2 aromatic carbocycles. The van der Waals surface area contributed by atoms with Gasteiger partial charge in [0.15, 0.2) is 5.78 Å². The lowest BCUT2D eigenvalue weighted by molar-refractivity contribution is -0.00570. The number of amides is 1. The summed E-state index contributed by atoms with van der Waals surface area (Å²) in [5, 5.41) is 7.50. The molecule has 1 aromatic heterocycles. The second-order valence-electron chi connectivity index (χ2n) is 7.86. The van der Waals surface area contributed by atoms with Crippen molar-refractivity contribution in [3.63, 3.8) is 0 Å². The molecule has 3 aromatic rings. The van der Waals surface area contributed by atoms with Gasteiger partial charge in [-0.3, -0.25) is 14.7 Å². The molecule has 1 saturated heterocycles. The molecule has 0 unspecified atom stereocenters. The molecule has 0 radical (unpaired) electrons. The number of halogens is 1. The van der Waals surface area contributed by atoms with Crippen LogP contribution in [0, 0.1) is 0 Å². The number of aromatic amines is 1. The highest BCUT2D eigenvalue weighted by Crippen LogP contribution is 2.40. The average molecular weight is 422 g/mol. The first-order valence-corrected chi connectivity index (χ1v) is 10.3. The normalized spacial score (nSPS) is 17.5. The number of benzene rings is 2. The number of carbonyl (C=O) groups excluding carboxylic acids is 2. The van der Waals surface area contributed by atoms with E-state index in [-0.39, 0.29) is 11.7 Å². The van der Waals surface area contributed by atoms with Crippen molar-refractivity contribution in [2.24, 2.45) is 0 Å². The third-order valence-corrected chi connectivity index (χ3v) is 6.15. The van der Waals surface area contributed by atoms with E-state index in [9.17, 15) is 9.59 Å². The SMILES string of the molecule is O=C1CC2(CCN(C(=O)c3cccc(-c4cc[nH]n4)c3)CC2)Oc2ccc(Cl)cc21. The fourth-order valence-electron chi connectivity index (χ4n) is 4.28. The summed E-state index contributed by atoms with van der Waals surface area (Å²) < 4.78 is 6.26. The number of rotatable bonds is 2. The van der Waals surface area contributed by atoms with Gasteiger partial charge in [0.05, 0.1) is 17.7 Å². The molecule has 1 amide bonds. The molecule has 1 spiro atoms. The summed E-state index contributed by atoms with van der Waals surface area (Å²) in [4.78, 5) is 27.6. The van der Waals surface area contributed by atoms with Crippen LogP contribution in [-0.2, 0) is 0 Å². The zero-order chi connectivity index (χ0) is 20.7. The first-order valence-electron chi connectivity index (χ1n) is 9.94. The lowest BCUT2D eigenvalue weighted by Gasteiger charge is -2.44. The van der Waals surface area contributed by atoms with Crippen LogP contribution in [0.2, 0.25) is 5.02 Å². The van der Waals surface area contributed by atoms with Gasteiger partial charge in [-0.2, -0.15) is 5.10 Å². The van der Waals surface area contributed by atoms with E-state index in [1.807, 2.05) is 35.2 Å². The summed E-state index contributed by atoms with van der Waals surface area (Å²) in [5.74, 6) is 0.615. The van der Waals surface area contributed by atoms with E-state index in [4.69, 9.17) is 16.3 Å². The number of hydrogen-bond donors (Lipinski definition) is 1. The Bertz CT molecular complexity index is 1120. The van der Waals surface area contributed by atoms with Crippen molar-refractivity contribution >= 4 is 23.3 Å². The average Bonchev–Trinajstić information content (AvgIpc) is 3.30. The van der Waals surface area contributed by atoms with Gasteiger partial charge in [0.25, 0.3) is 5.91 Å². The van der Waals surface area contributed by atoms with Crippen LogP contribution >= 0.6 is 11.6 Å². The molecule has 152 valence electrons. The summed E-state index contributed by atoms with van der Waals surface area (Å²) in [6, 6.07) is 14.5. The molecular formula is C23H20ClN3O3. The van der Waals surface area contributed by atoms with Gasteiger partial charge in [-0.15, -0.1) is 0 Å². The summed E-state index contributed by atoms with van der Waals surface area (Å²) >= 11 is 6.02. The maximum Gasteiger partial charge on any atom is 0.253 e. The Morgan fingerprint density at radius 1 is 1.13 bits per heavy atom. The molecule has 0 saturated carbocycles. The standard InChI is InChI=1S/C23H20ClN3O3/c24-17-4-5-21-18(13-17)20(28)14-23(30-21)7-10-27(11-8-23)22(29)16-3-1-2-15(12-16)19-6-9-25-26-19/h1-6,9,12-13H,7-8,10-11,14H2,(H,25,26). The summed E-state index contributed by atoms with van der Waals surface area (Å²) in [6.07, 6.45) is 3.31. The minimum atomic E-state index is -0.550. The molecule has 1 fully saturated rings. The highest BCUT2D eigenvalue weighted by Gasteiger charge is 2.43. The fraction of sp³-hybridized carbons (Fsp3) is 0.261. The molecule has 2 aliphatic heterocycles. The van der Waals surface area contributed by atoms with E-state index >= 15 is 0 Å². The number of aromatic nitrogens is 2. The van der Waals surface area contributed by atoms with Gasteiger partial charge in [0, 0.05) is 48.3 Å². The monoisotopic (exact) mass is 421 g/mol. The molecule has 1 N–H and O–H groups in total. The molecule has 7 heteroatoms. The van der Waals surface area contributed by atoms with Gasteiger partial charge in [-0.05, 0) is 36.4 Å². The molecule has 6 nitrogen and oxygen atoms in total. The molecule has 5 rings (SSSR count). The Kier molecular flexibility index (Phi) is 4.59. The topological polar surface area (TPSA) is 75.3 Å². The fourth-order valence-corrected chi connectivity index (χ4v) is 4.45. The number of H-pyrrole nitrogens is 1. The molecule has 2 aliphatic rings. The smallest absolute Gasteiger partial charge is 0.253 e. The van der Waals surface area contributed by atoms with Crippen molar-refractivity contribution in [2.75, 3.05) is 13.1 Å². The number of likely N-dealkylation sites (tertiary alicyclic amines) is 1. The zero-order valence-corrected chi connectivity index (χ0v) is 17.0. The molecule has 0 bridgehead atoms. The number of hydrogen-bond acceptors (Lipinski definition) is 4. The molecule has 0 aliphatic carbocycles. The van der Waals surface area contributed by atoms with Crippen LogP contribution in [0.3, 0.4) is 0 Å². The number of carbonyl (C=O) groups is 2. The predicted octanol–water partition coefficient (Wildman–Crippen LogP) is 4.37. The van der Waals surface area contributed by atoms with Crippen LogP contribution in [0.25, 0.3) is 11.3 Å². The van der Waals surface area contributed by atoms with Gasteiger partial charge in [-0.1, -0.05) is 23.7 Å². The number of ketones is 1. The van der Waals surface area contributed by atoms with Crippen LogP contribution in [0.5, 0.6) is 5.75 Å². The van der Waals surface area contributed by atoms with Crippen molar-refractivity contribution < 1.29 is 14.3 Å². The summed E-state index contributed by atoms with van der Waals surface area (Å²) in [5.41, 5.74) is 2.32. The maximum atomic E-state index is 13.1. The van der Waals surface area contributed by atoms with Crippen molar-refractivity contribution in [1.82, 2.24) is 15.1 Å². The Labute approximate surface area is 178 Å². The van der Waals surface area contributed by atoms with E-state index in [1.54, 1.807) is 24.4 Å². The molecule has 3 heterocycles. The van der Waals surface area contributed by atoms with Gasteiger partial charge < -0.3 is 9.64 Å². The van der Waals surface area contributed by atoms with Crippen molar-refractivity contribution in [1.29, 1.82) is 0 Å². The molecule has 30 heavy (non-hydrogen) atoms. The number of Topliss-reactive ketones (excluding diaryl/α,β-unsaturated/α-hetero) is 1. The first-order chi connectivity index (χ1) is 14.5. The second kappa shape index (κ2) is 7.29. The second-order valence-corrected chi connectivity index (χ2v) is 8.29. The molecular weight excluding hydrogens is 402 g/mol. The maximum absolute atomic E-state index is 13.1. The van der Waals surface area contributed by atoms with E-state index in [2.05, 4.69) is 10.2 Å². The Morgan fingerprint density at radius 2 is 1.97 bits per heavy atom. The lowest BCUT2D eigenvalue weighted by atomic mass is 9.82. The van der Waals surface area contributed by atoms with E-state index in [1.165, 1.54) is 0 Å². The number of fused-ring (bicyclic) bond motifs is 1. The molecule has 0 atom stereocenters. The van der Waals surface area contributed by atoms with Crippen LogP contribution in [0.4, 0.5) is 0 Å². The number of nitrogens with zero attached hydrogens (tertiary/aromatic N) is 2. The first kappa shape index (κ1) is 18.9. The van der Waals surface area contributed by atoms with Gasteiger partial charge in [0.1, 0.15) is 11.4 Å². The van der Waals surface area contributed by atoms with Crippen molar-refractivity contribution in [3.8, 4) is 17.0 Å². The number of nitrogens with one attached hydrogen (secondary N) is 1. The number of ether oxygens (including phenoxy) is 1. The third-order valence-electron chi connectivity index (χ3n) is 5.92. The third kappa shape index (κ3) is 3.37. The lowest BCUT2D eigenvalue weighted by Crippen LogP contribution is -2.52. The van der Waals surface area contributed by atoms with Crippen LogP contribution in [-0.4, -0.2) is 45.5 Å². The van der Waals surface area contributed by atoms with Gasteiger partial charge in [-0.25, -0.2) is 0 Å². The summed E-state index contributed by atoms with van der Waals surface area (Å²) in [7, 11) is 0. The summed E-state index contributed by atoms with van der Waals surface area (Å²) in [6.45, 7) is 1.09. The van der Waals surface area contributed by atoms with Gasteiger partial charge >= 0.3 is 0 Å². The number of piperidine rings is 1. The van der Waals surface area contributed by atoms with Gasteiger partial charge in [0.2, 0.25) is 0 Å². The van der Waals surface area contributed by atoms with Crippen LogP contribution in [0.15, 0.2) is 54.7 Å².